The van der Waals surface area contributed by atoms with Gasteiger partial charge in [-0.25, -0.2) is 4.99 Å². The van der Waals surface area contributed by atoms with Gasteiger partial charge >= 0.3 is 0 Å². The van der Waals surface area contributed by atoms with E-state index < -0.39 is 0 Å². The smallest absolute Gasteiger partial charge is 0.191 e. The molecule has 0 unspecified atom stereocenters. The molecule has 0 saturated heterocycles. The van der Waals surface area contributed by atoms with E-state index in [1.165, 1.54) is 0 Å². The Morgan fingerprint density at radius 1 is 1.27 bits per heavy atom. The van der Waals surface area contributed by atoms with Gasteiger partial charge in [0.1, 0.15) is 12.2 Å². The summed E-state index contributed by atoms with van der Waals surface area (Å²) in [5, 5.41) is 15.4. The summed E-state index contributed by atoms with van der Waals surface area (Å²) < 4.78 is 2.04. The lowest BCUT2D eigenvalue weighted by atomic mass is 10.2. The van der Waals surface area contributed by atoms with Crippen LogP contribution in [0, 0.1) is 0 Å². The Labute approximate surface area is 177 Å². The van der Waals surface area contributed by atoms with Gasteiger partial charge in [-0.05, 0) is 24.6 Å². The second-order valence-corrected chi connectivity index (χ2v) is 6.26. The lowest BCUT2D eigenvalue weighted by Crippen LogP contribution is -2.39. The molecule has 1 aromatic carbocycles. The molecule has 0 amide bonds. The Bertz CT molecular complexity index is 711. The lowest BCUT2D eigenvalue weighted by Gasteiger charge is -2.13. The second-order valence-electron chi connectivity index (χ2n) is 5.82. The van der Waals surface area contributed by atoms with Gasteiger partial charge in [0.15, 0.2) is 5.96 Å². The van der Waals surface area contributed by atoms with Gasteiger partial charge in [0.2, 0.25) is 0 Å². The van der Waals surface area contributed by atoms with Crippen LogP contribution in [0.1, 0.15) is 25.2 Å². The maximum atomic E-state index is 5.92. The molecule has 6 nitrogen and oxygen atoms in total. The first kappa shape index (κ1) is 22.4. The molecule has 0 fully saturated rings. The topological polar surface area (TPSA) is 67.1 Å². The first-order chi connectivity index (χ1) is 12.1. The lowest BCUT2D eigenvalue weighted by molar-refractivity contribution is 0.633. The first-order valence-electron chi connectivity index (χ1n) is 8.36. The van der Waals surface area contributed by atoms with Crippen molar-refractivity contribution >= 4 is 41.5 Å². The third-order valence-electron chi connectivity index (χ3n) is 3.55. The van der Waals surface area contributed by atoms with E-state index in [1.807, 2.05) is 35.8 Å². The number of benzene rings is 1. The minimum Gasteiger partial charge on any atom is -0.355 e. The Morgan fingerprint density at radius 3 is 2.65 bits per heavy atom. The molecule has 142 valence electrons. The van der Waals surface area contributed by atoms with E-state index in [0.29, 0.717) is 13.1 Å². The van der Waals surface area contributed by atoms with E-state index in [-0.39, 0.29) is 24.0 Å². The largest absolute Gasteiger partial charge is 0.355 e. The van der Waals surface area contributed by atoms with E-state index >= 15 is 0 Å². The zero-order valence-corrected chi connectivity index (χ0v) is 18.3. The van der Waals surface area contributed by atoms with Crippen molar-refractivity contribution in [2.75, 3.05) is 13.1 Å². The van der Waals surface area contributed by atoms with Crippen LogP contribution in [0.5, 0.6) is 0 Å². The molecule has 2 rings (SSSR count). The number of nitrogens with one attached hydrogen (secondary N) is 2. The van der Waals surface area contributed by atoms with E-state index in [1.54, 1.807) is 6.33 Å². The third-order valence-corrected chi connectivity index (χ3v) is 3.80. The minimum atomic E-state index is 0. The van der Waals surface area contributed by atoms with Crippen LogP contribution in [0.25, 0.3) is 0 Å². The van der Waals surface area contributed by atoms with Crippen LogP contribution in [0.3, 0.4) is 0 Å². The van der Waals surface area contributed by atoms with Crippen molar-refractivity contribution in [3.63, 3.8) is 0 Å². The number of hydrogen-bond donors (Lipinski definition) is 2. The summed E-state index contributed by atoms with van der Waals surface area (Å²) in [5.41, 5.74) is 2.15. The fourth-order valence-corrected chi connectivity index (χ4v) is 2.33. The van der Waals surface area contributed by atoms with E-state index in [2.05, 4.69) is 39.3 Å². The quantitative estimate of drug-likeness (QED) is 0.259. The number of rotatable bonds is 8. The molecule has 2 aromatic rings. The first-order valence-corrected chi connectivity index (χ1v) is 8.74. The molecule has 0 aliphatic heterocycles. The van der Waals surface area contributed by atoms with Gasteiger partial charge < -0.3 is 15.2 Å². The van der Waals surface area contributed by atoms with E-state index in [9.17, 15) is 0 Å². The monoisotopic (exact) mass is 488 g/mol. The van der Waals surface area contributed by atoms with E-state index in [4.69, 9.17) is 11.6 Å². The molecule has 26 heavy (non-hydrogen) atoms. The van der Waals surface area contributed by atoms with Gasteiger partial charge in [-0.3, -0.25) is 0 Å². The molecule has 1 heterocycles. The fraction of sp³-hybridized carbons (Fsp3) is 0.389. The van der Waals surface area contributed by atoms with Gasteiger partial charge in [0.05, 0.1) is 6.54 Å². The van der Waals surface area contributed by atoms with Crippen LogP contribution in [0.4, 0.5) is 0 Å². The number of aliphatic imine (C=N–C) groups is 1. The molecule has 8 heteroatoms. The molecular formula is C18H26ClIN6. The maximum absolute atomic E-state index is 5.92. The van der Waals surface area contributed by atoms with Crippen LogP contribution in [-0.2, 0) is 19.5 Å². The second kappa shape index (κ2) is 11.9. The van der Waals surface area contributed by atoms with Crippen molar-refractivity contribution in [1.82, 2.24) is 25.4 Å². The molecule has 0 saturated carbocycles. The molecule has 0 bridgehead atoms. The molecular weight excluding hydrogens is 463 g/mol. The van der Waals surface area contributed by atoms with Crippen molar-refractivity contribution in [2.24, 2.45) is 4.99 Å². The molecule has 2 N–H and O–H groups in total. The summed E-state index contributed by atoms with van der Waals surface area (Å²) in [6.07, 6.45) is 2.62. The Hall–Kier alpha value is -1.61. The summed E-state index contributed by atoms with van der Waals surface area (Å²) in [7, 11) is 0. The predicted octanol–water partition coefficient (Wildman–Crippen LogP) is 3.42. The highest BCUT2D eigenvalue weighted by Gasteiger charge is 2.03. The molecule has 0 atom stereocenters. The predicted molar refractivity (Wildman–Crippen MR) is 118 cm³/mol. The highest BCUT2D eigenvalue weighted by Crippen LogP contribution is 2.10. The maximum Gasteiger partial charge on any atom is 0.191 e. The van der Waals surface area contributed by atoms with Crippen LogP contribution in [0.15, 0.2) is 47.7 Å². The zero-order chi connectivity index (χ0) is 18.1. The standard InChI is InChI=1S/C18H25ClN6.HI/c1-4-17-24-23-13-25(17)10-9-20-18(21-11-14(2)3)22-12-15-5-7-16(19)8-6-15;/h5-8,13H,2,4,9-12H2,1,3H3,(H2,20,21,22);1H. The van der Waals surface area contributed by atoms with Crippen molar-refractivity contribution in [2.45, 2.75) is 33.4 Å². The number of guanidine groups is 1. The van der Waals surface area contributed by atoms with Crippen molar-refractivity contribution in [1.29, 1.82) is 0 Å². The Morgan fingerprint density at radius 2 is 2.00 bits per heavy atom. The number of aryl methyl sites for hydroxylation is 1. The van der Waals surface area contributed by atoms with Crippen molar-refractivity contribution < 1.29 is 0 Å². The Kier molecular flexibility index (Phi) is 10.3. The normalized spacial score (nSPS) is 11.0. The minimum absolute atomic E-state index is 0. The molecule has 0 aliphatic carbocycles. The number of hydrogen-bond acceptors (Lipinski definition) is 3. The SMILES string of the molecule is C=C(C)CNC(=NCc1ccc(Cl)cc1)NCCn1cnnc1CC.I. The van der Waals surface area contributed by atoms with Crippen LogP contribution < -0.4 is 10.6 Å². The summed E-state index contributed by atoms with van der Waals surface area (Å²) in [6.45, 7) is 10.7. The van der Waals surface area contributed by atoms with Gasteiger partial charge in [-0.2, -0.15) is 0 Å². The van der Waals surface area contributed by atoms with Crippen LogP contribution >= 0.6 is 35.6 Å². The average molecular weight is 489 g/mol. The highest BCUT2D eigenvalue weighted by atomic mass is 127. The number of aromatic nitrogens is 3. The van der Waals surface area contributed by atoms with Gasteiger partial charge in [-0.15, -0.1) is 34.2 Å². The number of halogens is 2. The summed E-state index contributed by atoms with van der Waals surface area (Å²) >= 11 is 5.92. The van der Waals surface area contributed by atoms with Gasteiger partial charge in [-0.1, -0.05) is 42.8 Å². The van der Waals surface area contributed by atoms with Gasteiger partial charge in [0, 0.05) is 31.1 Å². The zero-order valence-electron chi connectivity index (χ0n) is 15.2. The highest BCUT2D eigenvalue weighted by molar-refractivity contribution is 14.0. The molecule has 0 radical (unpaired) electrons. The van der Waals surface area contributed by atoms with E-state index in [0.717, 1.165) is 47.5 Å². The third kappa shape index (κ3) is 7.74. The van der Waals surface area contributed by atoms with Crippen LogP contribution in [0.2, 0.25) is 5.02 Å². The van der Waals surface area contributed by atoms with Crippen molar-refractivity contribution in [3.05, 3.63) is 59.2 Å². The fourth-order valence-electron chi connectivity index (χ4n) is 2.20. The Balaban J connectivity index is 0.00000338. The molecule has 0 spiro atoms. The number of nitrogens with zero attached hydrogens (tertiary/aromatic N) is 4. The molecule has 0 aliphatic rings. The summed E-state index contributed by atoms with van der Waals surface area (Å²) in [4.78, 5) is 4.63. The van der Waals surface area contributed by atoms with Gasteiger partial charge in [0.25, 0.3) is 0 Å². The summed E-state index contributed by atoms with van der Waals surface area (Å²) in [5.74, 6) is 1.74. The molecule has 1 aromatic heterocycles. The average Bonchev–Trinajstić information content (AvgIpc) is 3.05. The van der Waals surface area contributed by atoms with Crippen LogP contribution in [-0.4, -0.2) is 33.8 Å². The summed E-state index contributed by atoms with van der Waals surface area (Å²) in [6, 6.07) is 7.71. The van der Waals surface area contributed by atoms with Crippen molar-refractivity contribution in [3.8, 4) is 0 Å².